The molecule has 0 radical (unpaired) electrons. The van der Waals surface area contributed by atoms with E-state index in [-0.39, 0.29) is 17.6 Å². The van der Waals surface area contributed by atoms with Gasteiger partial charge < -0.3 is 10.4 Å². The minimum absolute atomic E-state index is 0.102. The average Bonchev–Trinajstić information content (AvgIpc) is 2.49. The second kappa shape index (κ2) is 7.20. The van der Waals surface area contributed by atoms with Gasteiger partial charge in [0.05, 0.1) is 0 Å². The normalized spacial score (nSPS) is 21.8. The lowest BCUT2D eigenvalue weighted by molar-refractivity contribution is 0.0690. The molecular formula is C16H22N2O3. The summed E-state index contributed by atoms with van der Waals surface area (Å²) in [6, 6.07) is 3.07. The topological polar surface area (TPSA) is 79.3 Å². The Morgan fingerprint density at radius 1 is 1.33 bits per heavy atom. The Kier molecular flexibility index (Phi) is 5.31. The molecule has 1 saturated carbocycles. The van der Waals surface area contributed by atoms with Crippen LogP contribution in [0.15, 0.2) is 18.3 Å². The average molecular weight is 290 g/mol. The number of rotatable bonds is 5. The molecule has 114 valence electrons. The summed E-state index contributed by atoms with van der Waals surface area (Å²) in [5.74, 6) is -0.536. The molecule has 5 heteroatoms. The number of hydrogen-bond donors (Lipinski definition) is 2. The molecule has 0 spiro atoms. The van der Waals surface area contributed by atoms with Gasteiger partial charge in [-0.05, 0) is 43.7 Å². The van der Waals surface area contributed by atoms with Crippen LogP contribution in [0.4, 0.5) is 0 Å². The summed E-state index contributed by atoms with van der Waals surface area (Å²) in [5, 5.41) is 11.9. The number of hydrogen-bond acceptors (Lipinski definition) is 3. The van der Waals surface area contributed by atoms with Gasteiger partial charge >= 0.3 is 5.97 Å². The standard InChI is InChI=1S/C16H22N2O3/c1-2-3-11-4-6-13(7-5-11)18-15(19)12-8-9-17-14(10-12)16(20)21/h8-11,13H,2-7H2,1H3,(H,18,19)(H,20,21). The summed E-state index contributed by atoms with van der Waals surface area (Å²) >= 11 is 0. The lowest BCUT2D eigenvalue weighted by atomic mass is 9.83. The Balaban J connectivity index is 1.90. The molecule has 1 amide bonds. The highest BCUT2D eigenvalue weighted by molar-refractivity contribution is 5.96. The molecule has 0 saturated heterocycles. The van der Waals surface area contributed by atoms with E-state index in [1.807, 2.05) is 0 Å². The second-order valence-electron chi connectivity index (χ2n) is 5.71. The predicted molar refractivity (Wildman–Crippen MR) is 79.3 cm³/mol. The largest absolute Gasteiger partial charge is 0.477 e. The lowest BCUT2D eigenvalue weighted by Gasteiger charge is -2.29. The van der Waals surface area contributed by atoms with Gasteiger partial charge in [0.25, 0.3) is 5.91 Å². The molecule has 1 aromatic heterocycles. The number of carbonyl (C=O) groups is 2. The minimum atomic E-state index is -1.12. The van der Waals surface area contributed by atoms with E-state index in [1.165, 1.54) is 25.1 Å². The van der Waals surface area contributed by atoms with Crippen molar-refractivity contribution in [1.82, 2.24) is 10.3 Å². The third-order valence-corrected chi connectivity index (χ3v) is 4.12. The maximum absolute atomic E-state index is 12.2. The fourth-order valence-corrected chi connectivity index (χ4v) is 2.96. The first-order valence-corrected chi connectivity index (χ1v) is 7.60. The van der Waals surface area contributed by atoms with Gasteiger partial charge in [-0.3, -0.25) is 4.79 Å². The summed E-state index contributed by atoms with van der Waals surface area (Å²) in [6.07, 6.45) is 8.19. The monoisotopic (exact) mass is 290 g/mol. The second-order valence-corrected chi connectivity index (χ2v) is 5.71. The Labute approximate surface area is 124 Å². The van der Waals surface area contributed by atoms with Gasteiger partial charge in [0.15, 0.2) is 0 Å². The lowest BCUT2D eigenvalue weighted by Crippen LogP contribution is -2.37. The van der Waals surface area contributed by atoms with Crippen LogP contribution in [-0.2, 0) is 0 Å². The Bertz CT molecular complexity index is 508. The molecule has 2 N–H and O–H groups in total. The van der Waals surface area contributed by atoms with Crippen LogP contribution >= 0.6 is 0 Å². The van der Waals surface area contributed by atoms with Crippen LogP contribution in [0.25, 0.3) is 0 Å². The van der Waals surface area contributed by atoms with E-state index in [4.69, 9.17) is 5.11 Å². The first kappa shape index (κ1) is 15.5. The van der Waals surface area contributed by atoms with Crippen LogP contribution in [0.2, 0.25) is 0 Å². The van der Waals surface area contributed by atoms with Crippen molar-refractivity contribution < 1.29 is 14.7 Å². The number of aromatic carboxylic acids is 1. The first-order chi connectivity index (χ1) is 10.1. The molecule has 5 nitrogen and oxygen atoms in total. The molecule has 21 heavy (non-hydrogen) atoms. The zero-order valence-electron chi connectivity index (χ0n) is 12.3. The van der Waals surface area contributed by atoms with Crippen LogP contribution in [0, 0.1) is 5.92 Å². The van der Waals surface area contributed by atoms with Crippen LogP contribution in [0.5, 0.6) is 0 Å². The van der Waals surface area contributed by atoms with Gasteiger partial charge in [-0.25, -0.2) is 9.78 Å². The maximum atomic E-state index is 12.2. The summed E-state index contributed by atoms with van der Waals surface area (Å²) in [4.78, 5) is 26.8. The quantitative estimate of drug-likeness (QED) is 0.874. The van der Waals surface area contributed by atoms with Gasteiger partial charge in [-0.1, -0.05) is 19.8 Å². The molecule has 0 unspecified atom stereocenters. The molecule has 0 atom stereocenters. The van der Waals surface area contributed by atoms with Crippen molar-refractivity contribution in [2.45, 2.75) is 51.5 Å². The molecule has 1 aliphatic rings. The van der Waals surface area contributed by atoms with E-state index < -0.39 is 5.97 Å². The molecule has 0 aromatic carbocycles. The smallest absolute Gasteiger partial charge is 0.354 e. The third-order valence-electron chi connectivity index (χ3n) is 4.12. The van der Waals surface area contributed by atoms with E-state index in [9.17, 15) is 9.59 Å². The SMILES string of the molecule is CCCC1CCC(NC(=O)c2ccnc(C(=O)O)c2)CC1. The number of carboxylic acid groups (broad SMARTS) is 1. The van der Waals surface area contributed by atoms with Crippen molar-refractivity contribution in [3.63, 3.8) is 0 Å². The minimum Gasteiger partial charge on any atom is -0.477 e. The summed E-state index contributed by atoms with van der Waals surface area (Å²) < 4.78 is 0. The molecule has 0 bridgehead atoms. The Hall–Kier alpha value is -1.91. The van der Waals surface area contributed by atoms with Gasteiger partial charge in [-0.2, -0.15) is 0 Å². The van der Waals surface area contributed by atoms with Crippen molar-refractivity contribution in [3.05, 3.63) is 29.6 Å². The van der Waals surface area contributed by atoms with E-state index in [0.717, 1.165) is 31.6 Å². The van der Waals surface area contributed by atoms with Crippen LogP contribution in [0.3, 0.4) is 0 Å². The fourth-order valence-electron chi connectivity index (χ4n) is 2.96. The number of pyridine rings is 1. The highest BCUT2D eigenvalue weighted by Gasteiger charge is 2.22. The van der Waals surface area contributed by atoms with Crippen molar-refractivity contribution in [3.8, 4) is 0 Å². The number of nitrogens with one attached hydrogen (secondary N) is 1. The molecule has 1 aromatic rings. The summed E-state index contributed by atoms with van der Waals surface area (Å²) in [6.45, 7) is 2.21. The predicted octanol–water partition coefficient (Wildman–Crippen LogP) is 2.87. The number of nitrogens with zero attached hydrogens (tertiary/aromatic N) is 1. The van der Waals surface area contributed by atoms with Crippen LogP contribution in [-0.4, -0.2) is 28.0 Å². The van der Waals surface area contributed by atoms with E-state index in [1.54, 1.807) is 6.07 Å². The van der Waals surface area contributed by atoms with E-state index in [0.29, 0.717) is 5.56 Å². The van der Waals surface area contributed by atoms with Gasteiger partial charge in [0, 0.05) is 17.8 Å². The third kappa shape index (κ3) is 4.28. The number of amides is 1. The fraction of sp³-hybridized carbons (Fsp3) is 0.562. The van der Waals surface area contributed by atoms with Gasteiger partial charge in [0.2, 0.25) is 0 Å². The van der Waals surface area contributed by atoms with Crippen molar-refractivity contribution in [2.75, 3.05) is 0 Å². The highest BCUT2D eigenvalue weighted by Crippen LogP contribution is 2.27. The van der Waals surface area contributed by atoms with E-state index in [2.05, 4.69) is 17.2 Å². The maximum Gasteiger partial charge on any atom is 0.354 e. The molecule has 2 rings (SSSR count). The molecule has 1 fully saturated rings. The van der Waals surface area contributed by atoms with Crippen LogP contribution in [0.1, 0.15) is 66.3 Å². The van der Waals surface area contributed by atoms with Crippen molar-refractivity contribution >= 4 is 11.9 Å². The number of carbonyl (C=O) groups excluding carboxylic acids is 1. The van der Waals surface area contributed by atoms with Crippen molar-refractivity contribution in [1.29, 1.82) is 0 Å². The Morgan fingerprint density at radius 2 is 2.05 bits per heavy atom. The summed E-state index contributed by atoms with van der Waals surface area (Å²) in [7, 11) is 0. The zero-order chi connectivity index (χ0) is 15.2. The van der Waals surface area contributed by atoms with Gasteiger partial charge in [0.1, 0.15) is 5.69 Å². The molecular weight excluding hydrogens is 268 g/mol. The first-order valence-electron chi connectivity index (χ1n) is 7.60. The highest BCUT2D eigenvalue weighted by atomic mass is 16.4. The molecule has 1 aliphatic carbocycles. The number of carboxylic acids is 1. The number of aromatic nitrogens is 1. The summed E-state index contributed by atoms with van der Waals surface area (Å²) in [5.41, 5.74) is 0.257. The van der Waals surface area contributed by atoms with E-state index >= 15 is 0 Å². The molecule has 0 aliphatic heterocycles. The van der Waals surface area contributed by atoms with Crippen molar-refractivity contribution in [2.24, 2.45) is 5.92 Å². The van der Waals surface area contributed by atoms with Gasteiger partial charge in [-0.15, -0.1) is 0 Å². The zero-order valence-corrected chi connectivity index (χ0v) is 12.3. The Morgan fingerprint density at radius 3 is 2.67 bits per heavy atom. The van der Waals surface area contributed by atoms with Crippen LogP contribution < -0.4 is 5.32 Å². The molecule has 1 heterocycles.